The van der Waals surface area contributed by atoms with Crippen molar-refractivity contribution in [3.05, 3.63) is 52.2 Å². The predicted octanol–water partition coefficient (Wildman–Crippen LogP) is 3.24. The zero-order valence-electron chi connectivity index (χ0n) is 13.2. The van der Waals surface area contributed by atoms with Gasteiger partial charge in [-0.3, -0.25) is 4.79 Å². The number of aryl methyl sites for hydroxylation is 2. The lowest BCUT2D eigenvalue weighted by molar-refractivity contribution is -0.113. The second-order valence-electron chi connectivity index (χ2n) is 5.21. The summed E-state index contributed by atoms with van der Waals surface area (Å²) < 4.78 is 0. The van der Waals surface area contributed by atoms with Gasteiger partial charge in [0.15, 0.2) is 5.78 Å². The summed E-state index contributed by atoms with van der Waals surface area (Å²) in [4.78, 5) is 22.6. The van der Waals surface area contributed by atoms with Gasteiger partial charge in [0.1, 0.15) is 0 Å². The molecule has 1 aromatic carbocycles. The highest BCUT2D eigenvalue weighted by Crippen LogP contribution is 2.20. The molecule has 0 saturated heterocycles. The number of benzene rings is 1. The van der Waals surface area contributed by atoms with Crippen molar-refractivity contribution in [1.29, 1.82) is 0 Å². The Bertz CT molecular complexity index is 640. The molecule has 1 rings (SSSR count). The summed E-state index contributed by atoms with van der Waals surface area (Å²) in [7, 11) is 0. The van der Waals surface area contributed by atoms with E-state index in [4.69, 9.17) is 5.73 Å². The fourth-order valence-electron chi connectivity index (χ4n) is 1.85. The van der Waals surface area contributed by atoms with E-state index in [1.54, 1.807) is 13.0 Å². The molecule has 0 atom stereocenters. The van der Waals surface area contributed by atoms with Crippen LogP contribution in [0.5, 0.6) is 0 Å². The van der Waals surface area contributed by atoms with Crippen LogP contribution in [0.4, 0.5) is 4.79 Å². The van der Waals surface area contributed by atoms with Gasteiger partial charge in [0.2, 0.25) is 0 Å². The Kier molecular flexibility index (Phi) is 5.47. The number of allylic oxidation sites excluding steroid dienone is 3. The number of ketones is 1. The van der Waals surface area contributed by atoms with Gasteiger partial charge in [-0.05, 0) is 63.0 Å². The highest BCUT2D eigenvalue weighted by Gasteiger charge is 2.08. The van der Waals surface area contributed by atoms with Crippen LogP contribution in [0.15, 0.2) is 35.5 Å². The predicted molar refractivity (Wildman–Crippen MR) is 85.7 cm³/mol. The standard InChI is InChI=1S/C17H22N2O2/c1-10-6-7-15(8-11(10)2)12(3)9-16(19-17(18)21)13(4)14(5)20/h6-9H,1-5H3,(H3,18,19,21)/b12-9+,16-13-. The van der Waals surface area contributed by atoms with E-state index in [9.17, 15) is 9.59 Å². The van der Waals surface area contributed by atoms with Crippen molar-refractivity contribution in [2.24, 2.45) is 5.73 Å². The minimum atomic E-state index is -0.685. The first-order valence-corrected chi connectivity index (χ1v) is 6.76. The van der Waals surface area contributed by atoms with Gasteiger partial charge in [0, 0.05) is 11.3 Å². The van der Waals surface area contributed by atoms with Gasteiger partial charge in [0.25, 0.3) is 0 Å². The van der Waals surface area contributed by atoms with E-state index in [2.05, 4.69) is 18.3 Å². The average Bonchev–Trinajstić information content (AvgIpc) is 2.39. The van der Waals surface area contributed by atoms with E-state index in [0.717, 1.165) is 11.1 Å². The molecule has 2 amide bonds. The lowest BCUT2D eigenvalue weighted by Crippen LogP contribution is -2.29. The van der Waals surface area contributed by atoms with E-state index >= 15 is 0 Å². The third kappa shape index (κ3) is 4.60. The molecule has 0 fully saturated rings. The lowest BCUT2D eigenvalue weighted by atomic mass is 10.00. The Morgan fingerprint density at radius 2 is 1.71 bits per heavy atom. The molecule has 0 aromatic heterocycles. The minimum Gasteiger partial charge on any atom is -0.351 e. The zero-order chi connectivity index (χ0) is 16.2. The molecule has 0 aliphatic heterocycles. The lowest BCUT2D eigenvalue weighted by Gasteiger charge is -2.10. The Morgan fingerprint density at radius 3 is 2.19 bits per heavy atom. The van der Waals surface area contributed by atoms with Crippen molar-refractivity contribution in [3.8, 4) is 0 Å². The molecule has 21 heavy (non-hydrogen) atoms. The minimum absolute atomic E-state index is 0.108. The highest BCUT2D eigenvalue weighted by molar-refractivity contribution is 5.95. The summed E-state index contributed by atoms with van der Waals surface area (Å²) in [5.74, 6) is -0.108. The van der Waals surface area contributed by atoms with E-state index in [-0.39, 0.29) is 5.78 Å². The van der Waals surface area contributed by atoms with E-state index in [1.165, 1.54) is 18.1 Å². The second-order valence-corrected chi connectivity index (χ2v) is 5.21. The van der Waals surface area contributed by atoms with Crippen LogP contribution in [0.25, 0.3) is 5.57 Å². The molecule has 0 spiro atoms. The topological polar surface area (TPSA) is 72.2 Å². The summed E-state index contributed by atoms with van der Waals surface area (Å²) in [6, 6.07) is 5.45. The quantitative estimate of drug-likeness (QED) is 0.659. The summed E-state index contributed by atoms with van der Waals surface area (Å²) in [5, 5.41) is 2.51. The van der Waals surface area contributed by atoms with Crippen molar-refractivity contribution in [1.82, 2.24) is 5.32 Å². The Hall–Kier alpha value is -2.36. The van der Waals surface area contributed by atoms with Crippen LogP contribution in [-0.4, -0.2) is 11.8 Å². The fraction of sp³-hybridized carbons (Fsp3) is 0.294. The second kappa shape index (κ2) is 6.88. The number of hydrogen-bond acceptors (Lipinski definition) is 2. The van der Waals surface area contributed by atoms with Crippen molar-refractivity contribution in [3.63, 3.8) is 0 Å². The monoisotopic (exact) mass is 286 g/mol. The van der Waals surface area contributed by atoms with Crippen molar-refractivity contribution in [2.45, 2.75) is 34.6 Å². The van der Waals surface area contributed by atoms with Gasteiger partial charge in [-0.15, -0.1) is 0 Å². The van der Waals surface area contributed by atoms with E-state index < -0.39 is 6.03 Å². The molecule has 4 nitrogen and oxygen atoms in total. The molecule has 112 valence electrons. The summed E-state index contributed by atoms with van der Waals surface area (Å²) >= 11 is 0. The van der Waals surface area contributed by atoms with Crippen molar-refractivity contribution in [2.75, 3.05) is 0 Å². The Balaban J connectivity index is 3.26. The van der Waals surface area contributed by atoms with Crippen LogP contribution >= 0.6 is 0 Å². The average molecular weight is 286 g/mol. The molecule has 0 heterocycles. The maximum atomic E-state index is 11.5. The van der Waals surface area contributed by atoms with Crippen LogP contribution < -0.4 is 11.1 Å². The van der Waals surface area contributed by atoms with Crippen molar-refractivity contribution >= 4 is 17.4 Å². The van der Waals surface area contributed by atoms with Gasteiger partial charge in [-0.1, -0.05) is 18.2 Å². The first-order chi connectivity index (χ1) is 9.72. The summed E-state index contributed by atoms with van der Waals surface area (Å²) in [5.41, 5.74) is 10.5. The van der Waals surface area contributed by atoms with Crippen LogP contribution in [0.3, 0.4) is 0 Å². The SMILES string of the molecule is CC(=O)/C(C)=C(/C=C(\C)c1ccc(C)c(C)c1)NC(N)=O. The number of urea groups is 1. The number of nitrogens with one attached hydrogen (secondary N) is 1. The molecule has 0 unspecified atom stereocenters. The highest BCUT2D eigenvalue weighted by atomic mass is 16.2. The molecule has 4 heteroatoms. The Morgan fingerprint density at radius 1 is 1.10 bits per heavy atom. The van der Waals surface area contributed by atoms with Crippen LogP contribution in [0.2, 0.25) is 0 Å². The molecule has 0 aliphatic carbocycles. The third-order valence-electron chi connectivity index (χ3n) is 3.51. The van der Waals surface area contributed by atoms with Crippen LogP contribution in [-0.2, 0) is 4.79 Å². The van der Waals surface area contributed by atoms with E-state index in [0.29, 0.717) is 11.3 Å². The van der Waals surface area contributed by atoms with Crippen molar-refractivity contribution < 1.29 is 9.59 Å². The maximum Gasteiger partial charge on any atom is 0.316 e. The first kappa shape index (κ1) is 16.7. The largest absolute Gasteiger partial charge is 0.351 e. The molecule has 1 aromatic rings. The number of carbonyl (C=O) groups excluding carboxylic acids is 2. The maximum absolute atomic E-state index is 11.5. The number of carbonyl (C=O) groups is 2. The number of Topliss-reactive ketones (excluding diaryl/α,β-unsaturated/α-hetero) is 1. The van der Waals surface area contributed by atoms with Gasteiger partial charge >= 0.3 is 6.03 Å². The molecule has 3 N–H and O–H groups in total. The third-order valence-corrected chi connectivity index (χ3v) is 3.51. The smallest absolute Gasteiger partial charge is 0.316 e. The molecule has 0 saturated carbocycles. The molecule has 0 aliphatic rings. The van der Waals surface area contributed by atoms with Gasteiger partial charge < -0.3 is 11.1 Å². The van der Waals surface area contributed by atoms with Gasteiger partial charge in [-0.25, -0.2) is 4.79 Å². The number of rotatable bonds is 4. The van der Waals surface area contributed by atoms with Crippen LogP contribution in [0, 0.1) is 13.8 Å². The van der Waals surface area contributed by atoms with E-state index in [1.807, 2.05) is 26.0 Å². The number of nitrogens with two attached hydrogens (primary N) is 1. The number of hydrogen-bond donors (Lipinski definition) is 2. The molecule has 0 radical (unpaired) electrons. The fourth-order valence-corrected chi connectivity index (χ4v) is 1.85. The molecular formula is C17H22N2O2. The summed E-state index contributed by atoms with van der Waals surface area (Å²) in [6.45, 7) is 9.15. The van der Waals surface area contributed by atoms with Gasteiger partial charge in [0.05, 0.1) is 0 Å². The number of amides is 2. The van der Waals surface area contributed by atoms with Crippen LogP contribution in [0.1, 0.15) is 37.5 Å². The summed E-state index contributed by atoms with van der Waals surface area (Å²) in [6.07, 6.45) is 1.77. The first-order valence-electron chi connectivity index (χ1n) is 6.76. The zero-order valence-corrected chi connectivity index (χ0v) is 13.2. The molecule has 0 bridgehead atoms. The Labute approximate surface area is 125 Å². The number of primary amides is 1. The normalized spacial score (nSPS) is 12.7. The van der Waals surface area contributed by atoms with Gasteiger partial charge in [-0.2, -0.15) is 0 Å². The molecular weight excluding hydrogens is 264 g/mol.